The first-order valence-corrected chi connectivity index (χ1v) is 7.13. The summed E-state index contributed by atoms with van der Waals surface area (Å²) in [6.45, 7) is 1.07. The van der Waals surface area contributed by atoms with Gasteiger partial charge in [-0.15, -0.1) is 0 Å². The van der Waals surface area contributed by atoms with Gasteiger partial charge in [-0.2, -0.15) is 0 Å². The fourth-order valence-electron chi connectivity index (χ4n) is 3.23. The summed E-state index contributed by atoms with van der Waals surface area (Å²) in [7, 11) is 0. The number of Topliss-reactive ketones (excluding diaryl/α,β-unsaturated/α-hetero) is 1. The topological polar surface area (TPSA) is 20.3 Å². The van der Waals surface area contributed by atoms with Crippen molar-refractivity contribution in [3.05, 3.63) is 33.8 Å². The Morgan fingerprint density at radius 1 is 1.22 bits per heavy atom. The SMILES string of the molecule is O=C1C[C@H]2CCCN2[C@@H](c2ccc(Cl)cc2Cl)C1. The molecular weight excluding hydrogens is 269 g/mol. The van der Waals surface area contributed by atoms with Crippen molar-refractivity contribution in [2.45, 2.75) is 37.8 Å². The Hall–Kier alpha value is -0.570. The zero-order valence-corrected chi connectivity index (χ0v) is 11.5. The van der Waals surface area contributed by atoms with Crippen molar-refractivity contribution in [3.63, 3.8) is 0 Å². The maximum atomic E-state index is 11.9. The van der Waals surface area contributed by atoms with E-state index in [0.717, 1.165) is 18.5 Å². The largest absolute Gasteiger partial charge is 0.300 e. The molecule has 0 radical (unpaired) electrons. The van der Waals surface area contributed by atoms with Crippen molar-refractivity contribution in [2.24, 2.45) is 0 Å². The lowest BCUT2D eigenvalue weighted by molar-refractivity contribution is -0.124. The third-order valence-corrected chi connectivity index (χ3v) is 4.59. The van der Waals surface area contributed by atoms with Crippen molar-refractivity contribution < 1.29 is 4.79 Å². The van der Waals surface area contributed by atoms with Gasteiger partial charge in [-0.1, -0.05) is 29.3 Å². The number of carbonyl (C=O) groups is 1. The maximum Gasteiger partial charge on any atom is 0.136 e. The molecule has 18 heavy (non-hydrogen) atoms. The van der Waals surface area contributed by atoms with Gasteiger partial charge in [0.15, 0.2) is 0 Å². The Morgan fingerprint density at radius 2 is 2.06 bits per heavy atom. The highest BCUT2D eigenvalue weighted by Crippen LogP contribution is 2.40. The van der Waals surface area contributed by atoms with E-state index in [-0.39, 0.29) is 6.04 Å². The van der Waals surface area contributed by atoms with Gasteiger partial charge < -0.3 is 0 Å². The number of hydrogen-bond acceptors (Lipinski definition) is 2. The van der Waals surface area contributed by atoms with Crippen LogP contribution in [0.3, 0.4) is 0 Å². The van der Waals surface area contributed by atoms with E-state index >= 15 is 0 Å². The van der Waals surface area contributed by atoms with Crippen molar-refractivity contribution in [3.8, 4) is 0 Å². The fourth-order valence-corrected chi connectivity index (χ4v) is 3.76. The second-order valence-corrected chi connectivity index (χ2v) is 6.01. The summed E-state index contributed by atoms with van der Waals surface area (Å²) in [6, 6.07) is 6.14. The van der Waals surface area contributed by atoms with Crippen LogP contribution in [0, 0.1) is 0 Å². The van der Waals surface area contributed by atoms with E-state index in [9.17, 15) is 4.79 Å². The summed E-state index contributed by atoms with van der Waals surface area (Å²) in [6.07, 6.45) is 3.60. The van der Waals surface area contributed by atoms with Crippen molar-refractivity contribution in [1.29, 1.82) is 0 Å². The third-order valence-electron chi connectivity index (χ3n) is 4.03. The molecule has 0 bridgehead atoms. The molecule has 96 valence electrons. The van der Waals surface area contributed by atoms with E-state index in [1.54, 1.807) is 6.07 Å². The fraction of sp³-hybridized carbons (Fsp3) is 0.500. The number of nitrogens with zero attached hydrogens (tertiary/aromatic N) is 1. The van der Waals surface area contributed by atoms with E-state index in [1.165, 1.54) is 6.42 Å². The Bertz CT molecular complexity index is 489. The average Bonchev–Trinajstić information content (AvgIpc) is 2.76. The number of piperidine rings is 1. The number of hydrogen-bond donors (Lipinski definition) is 0. The summed E-state index contributed by atoms with van der Waals surface area (Å²) in [5.74, 6) is 0.356. The lowest BCUT2D eigenvalue weighted by atomic mass is 9.91. The standard InChI is InChI=1S/C14H15Cl2NO/c15-9-3-4-12(13(16)6-9)14-8-11(18)7-10-2-1-5-17(10)14/h3-4,6,10,14H,1-2,5,7-8H2/t10-,14-/m1/s1. The monoisotopic (exact) mass is 283 g/mol. The van der Waals surface area contributed by atoms with Gasteiger partial charge in [0.25, 0.3) is 0 Å². The summed E-state index contributed by atoms with van der Waals surface area (Å²) in [4.78, 5) is 14.3. The van der Waals surface area contributed by atoms with Gasteiger partial charge in [-0.05, 0) is 37.1 Å². The molecule has 2 nitrogen and oxygen atoms in total. The molecule has 2 saturated heterocycles. The first-order valence-electron chi connectivity index (χ1n) is 6.37. The zero-order chi connectivity index (χ0) is 12.7. The molecule has 4 heteroatoms. The summed E-state index contributed by atoms with van der Waals surface area (Å²) >= 11 is 12.2. The lowest BCUT2D eigenvalue weighted by Crippen LogP contribution is -2.40. The van der Waals surface area contributed by atoms with E-state index < -0.39 is 0 Å². The Labute approximate surface area is 117 Å². The van der Waals surface area contributed by atoms with E-state index in [4.69, 9.17) is 23.2 Å². The van der Waals surface area contributed by atoms with Crippen molar-refractivity contribution in [2.75, 3.05) is 6.54 Å². The van der Waals surface area contributed by atoms with Gasteiger partial charge in [-0.25, -0.2) is 0 Å². The zero-order valence-electron chi connectivity index (χ0n) is 10.0. The molecule has 2 aliphatic heterocycles. The minimum absolute atomic E-state index is 0.142. The second kappa shape index (κ2) is 4.84. The van der Waals surface area contributed by atoms with Crippen LogP contribution in [0.4, 0.5) is 0 Å². The minimum Gasteiger partial charge on any atom is -0.300 e. The maximum absolute atomic E-state index is 11.9. The normalized spacial score (nSPS) is 28.4. The highest BCUT2D eigenvalue weighted by atomic mass is 35.5. The van der Waals surface area contributed by atoms with Crippen LogP contribution in [0.2, 0.25) is 10.0 Å². The molecule has 0 spiro atoms. The van der Waals surface area contributed by atoms with E-state index in [1.807, 2.05) is 12.1 Å². The number of benzene rings is 1. The van der Waals surface area contributed by atoms with E-state index in [2.05, 4.69) is 4.90 Å². The molecule has 0 aliphatic carbocycles. The number of fused-ring (bicyclic) bond motifs is 1. The van der Waals surface area contributed by atoms with E-state index in [0.29, 0.717) is 34.7 Å². The van der Waals surface area contributed by atoms with Crippen LogP contribution in [0.15, 0.2) is 18.2 Å². The molecule has 0 unspecified atom stereocenters. The molecule has 0 aromatic heterocycles. The van der Waals surface area contributed by atoms with Crippen molar-refractivity contribution >= 4 is 29.0 Å². The van der Waals surface area contributed by atoms with Crippen molar-refractivity contribution in [1.82, 2.24) is 4.90 Å². The van der Waals surface area contributed by atoms with Crippen LogP contribution in [0.25, 0.3) is 0 Å². The number of carbonyl (C=O) groups excluding carboxylic acids is 1. The van der Waals surface area contributed by atoms with Crippen LogP contribution < -0.4 is 0 Å². The molecule has 3 rings (SSSR count). The summed E-state index contributed by atoms with van der Waals surface area (Å²) in [5.41, 5.74) is 1.04. The number of halogens is 2. The van der Waals surface area contributed by atoms with Gasteiger partial charge in [0.05, 0.1) is 0 Å². The van der Waals surface area contributed by atoms with Gasteiger partial charge in [0.1, 0.15) is 5.78 Å². The average molecular weight is 284 g/mol. The van der Waals surface area contributed by atoms with Crippen LogP contribution in [0.1, 0.15) is 37.3 Å². The molecule has 0 saturated carbocycles. The lowest BCUT2D eigenvalue weighted by Gasteiger charge is -2.37. The molecule has 2 aliphatic rings. The molecular formula is C14H15Cl2NO. The molecule has 2 heterocycles. The number of rotatable bonds is 1. The van der Waals surface area contributed by atoms with Crippen LogP contribution in [0.5, 0.6) is 0 Å². The molecule has 0 amide bonds. The Balaban J connectivity index is 1.96. The highest BCUT2D eigenvalue weighted by molar-refractivity contribution is 6.35. The minimum atomic E-state index is 0.142. The first-order chi connectivity index (χ1) is 8.65. The predicted octanol–water partition coefficient (Wildman–Crippen LogP) is 3.86. The molecule has 2 fully saturated rings. The molecule has 0 N–H and O–H groups in total. The summed E-state index contributed by atoms with van der Waals surface area (Å²) < 4.78 is 0. The highest BCUT2D eigenvalue weighted by Gasteiger charge is 2.38. The van der Waals surface area contributed by atoms with Gasteiger partial charge in [0, 0.05) is 35.0 Å². The smallest absolute Gasteiger partial charge is 0.136 e. The first kappa shape index (κ1) is 12.5. The number of ketones is 1. The van der Waals surface area contributed by atoms with Crippen LogP contribution >= 0.6 is 23.2 Å². The Morgan fingerprint density at radius 3 is 2.83 bits per heavy atom. The Kier molecular flexibility index (Phi) is 3.35. The van der Waals surface area contributed by atoms with Crippen LogP contribution in [-0.2, 0) is 4.79 Å². The second-order valence-electron chi connectivity index (χ2n) is 5.16. The van der Waals surface area contributed by atoms with Gasteiger partial charge >= 0.3 is 0 Å². The quantitative estimate of drug-likeness (QED) is 0.780. The molecule has 1 aromatic rings. The predicted molar refractivity (Wildman–Crippen MR) is 73.2 cm³/mol. The molecule has 2 atom stereocenters. The van der Waals surface area contributed by atoms with Gasteiger partial charge in [0.2, 0.25) is 0 Å². The summed E-state index contributed by atoms with van der Waals surface area (Å²) in [5, 5.41) is 1.32. The van der Waals surface area contributed by atoms with Gasteiger partial charge in [-0.3, -0.25) is 9.69 Å². The third kappa shape index (κ3) is 2.18. The van der Waals surface area contributed by atoms with Crippen LogP contribution in [-0.4, -0.2) is 23.3 Å². The molecule has 1 aromatic carbocycles.